The van der Waals surface area contributed by atoms with Gasteiger partial charge in [-0.1, -0.05) is 0 Å². The minimum absolute atomic E-state index is 0.282. The van der Waals surface area contributed by atoms with E-state index in [4.69, 9.17) is 10.2 Å². The van der Waals surface area contributed by atoms with E-state index in [1.165, 1.54) is 0 Å². The van der Waals surface area contributed by atoms with Crippen molar-refractivity contribution in [2.45, 2.75) is 39.2 Å². The Kier molecular flexibility index (Phi) is 2.42. The number of aliphatic hydroxyl groups is 1. The fourth-order valence-corrected chi connectivity index (χ4v) is 1.76. The van der Waals surface area contributed by atoms with Crippen LogP contribution < -0.4 is 0 Å². The number of hydrogen-bond donors (Lipinski definition) is 2. The lowest BCUT2D eigenvalue weighted by Crippen LogP contribution is -2.33. The molecule has 3 heteroatoms. The molecule has 0 aromatic heterocycles. The molecule has 1 aliphatic rings. The fourth-order valence-electron chi connectivity index (χ4n) is 1.76. The normalized spacial score (nSPS) is 24.6. The van der Waals surface area contributed by atoms with Crippen LogP contribution in [0.4, 0.5) is 0 Å². The second kappa shape index (κ2) is 3.05. The van der Waals surface area contributed by atoms with E-state index in [-0.39, 0.29) is 5.92 Å². The van der Waals surface area contributed by atoms with Crippen LogP contribution in [0.3, 0.4) is 0 Å². The van der Waals surface area contributed by atoms with E-state index in [0.29, 0.717) is 6.42 Å². The molecule has 12 heavy (non-hydrogen) atoms. The van der Waals surface area contributed by atoms with Gasteiger partial charge in [-0.15, -0.1) is 0 Å². The largest absolute Gasteiger partial charge is 0.481 e. The summed E-state index contributed by atoms with van der Waals surface area (Å²) in [4.78, 5) is 10.9. The first kappa shape index (κ1) is 9.52. The van der Waals surface area contributed by atoms with E-state index in [1.54, 1.807) is 13.8 Å². The summed E-state index contributed by atoms with van der Waals surface area (Å²) >= 11 is 0. The number of hydrogen-bond acceptors (Lipinski definition) is 2. The number of carbonyl (C=O) groups is 1. The van der Waals surface area contributed by atoms with Crippen molar-refractivity contribution in [1.82, 2.24) is 0 Å². The summed E-state index contributed by atoms with van der Waals surface area (Å²) in [5.41, 5.74) is -0.700. The molecule has 0 aromatic carbocycles. The van der Waals surface area contributed by atoms with Gasteiger partial charge in [0.25, 0.3) is 0 Å². The van der Waals surface area contributed by atoms with Crippen molar-refractivity contribution in [2.75, 3.05) is 0 Å². The average Bonchev–Trinajstić information content (AvgIpc) is 2.65. The zero-order valence-corrected chi connectivity index (χ0v) is 7.58. The molecule has 1 rings (SSSR count). The third kappa shape index (κ3) is 1.78. The lowest BCUT2D eigenvalue weighted by molar-refractivity contribution is -0.151. The van der Waals surface area contributed by atoms with Gasteiger partial charge in [-0.25, -0.2) is 0 Å². The van der Waals surface area contributed by atoms with E-state index >= 15 is 0 Å². The molecule has 2 N–H and O–H groups in total. The van der Waals surface area contributed by atoms with Gasteiger partial charge in [-0.05, 0) is 39.0 Å². The zero-order chi connectivity index (χ0) is 9.35. The van der Waals surface area contributed by atoms with Crippen molar-refractivity contribution >= 4 is 5.97 Å². The maximum atomic E-state index is 10.9. The van der Waals surface area contributed by atoms with Crippen molar-refractivity contribution in [2.24, 2.45) is 11.3 Å². The molecule has 2 atom stereocenters. The molecule has 0 radical (unpaired) electrons. The molecule has 0 heterocycles. The lowest BCUT2D eigenvalue weighted by Gasteiger charge is -2.25. The maximum absolute atomic E-state index is 10.9. The minimum Gasteiger partial charge on any atom is -0.481 e. The van der Waals surface area contributed by atoms with Crippen LogP contribution in [-0.4, -0.2) is 22.3 Å². The summed E-state index contributed by atoms with van der Waals surface area (Å²) in [6.07, 6.45) is 1.84. The molecule has 1 saturated carbocycles. The van der Waals surface area contributed by atoms with Crippen molar-refractivity contribution in [3.8, 4) is 0 Å². The highest BCUT2D eigenvalue weighted by atomic mass is 16.4. The minimum atomic E-state index is -0.772. The van der Waals surface area contributed by atoms with Crippen LogP contribution in [0.15, 0.2) is 0 Å². The van der Waals surface area contributed by atoms with Gasteiger partial charge in [0.05, 0.1) is 11.5 Å². The Morgan fingerprint density at radius 3 is 2.42 bits per heavy atom. The van der Waals surface area contributed by atoms with Crippen LogP contribution in [0.5, 0.6) is 0 Å². The highest BCUT2D eigenvalue weighted by Gasteiger charge is 2.47. The predicted molar refractivity (Wildman–Crippen MR) is 44.8 cm³/mol. The summed E-state index contributed by atoms with van der Waals surface area (Å²) in [5, 5.41) is 18.1. The first-order valence-corrected chi connectivity index (χ1v) is 4.38. The third-order valence-electron chi connectivity index (χ3n) is 2.69. The van der Waals surface area contributed by atoms with Gasteiger partial charge < -0.3 is 10.2 Å². The van der Waals surface area contributed by atoms with E-state index in [0.717, 1.165) is 12.8 Å². The second-order valence-corrected chi connectivity index (χ2v) is 4.05. The number of rotatable bonds is 4. The number of carboxylic acids is 1. The van der Waals surface area contributed by atoms with E-state index in [9.17, 15) is 4.79 Å². The quantitative estimate of drug-likeness (QED) is 0.671. The second-order valence-electron chi connectivity index (χ2n) is 4.05. The van der Waals surface area contributed by atoms with Gasteiger partial charge in [0.15, 0.2) is 0 Å². The van der Waals surface area contributed by atoms with Crippen LogP contribution in [0.2, 0.25) is 0 Å². The molecule has 0 amide bonds. The highest BCUT2D eigenvalue weighted by molar-refractivity contribution is 5.75. The molecule has 0 bridgehead atoms. The number of aliphatic hydroxyl groups excluding tert-OH is 1. The third-order valence-corrected chi connectivity index (χ3v) is 2.69. The van der Waals surface area contributed by atoms with E-state index in [2.05, 4.69) is 0 Å². The van der Waals surface area contributed by atoms with Gasteiger partial charge in [0, 0.05) is 0 Å². The van der Waals surface area contributed by atoms with Crippen LogP contribution in [0.1, 0.15) is 33.1 Å². The van der Waals surface area contributed by atoms with Crippen molar-refractivity contribution in [3.63, 3.8) is 0 Å². The number of carboxylic acid groups (broad SMARTS) is 1. The molecule has 0 saturated heterocycles. The number of aliphatic carboxylic acids is 1. The maximum Gasteiger partial charge on any atom is 0.309 e. The highest BCUT2D eigenvalue weighted by Crippen LogP contribution is 2.48. The summed E-state index contributed by atoms with van der Waals surface area (Å²) in [6, 6.07) is 0. The summed E-state index contributed by atoms with van der Waals surface area (Å²) in [6.45, 7) is 3.38. The predicted octanol–water partition coefficient (Wildman–Crippen LogP) is 1.26. The van der Waals surface area contributed by atoms with Crippen molar-refractivity contribution in [3.05, 3.63) is 0 Å². The van der Waals surface area contributed by atoms with Crippen LogP contribution in [0.25, 0.3) is 0 Å². The average molecular weight is 172 g/mol. The van der Waals surface area contributed by atoms with Gasteiger partial charge in [0.1, 0.15) is 0 Å². The fraction of sp³-hybridized carbons (Fsp3) is 0.889. The Labute approximate surface area is 72.4 Å². The van der Waals surface area contributed by atoms with Gasteiger partial charge in [-0.3, -0.25) is 4.79 Å². The Hall–Kier alpha value is -0.570. The Morgan fingerprint density at radius 1 is 1.67 bits per heavy atom. The van der Waals surface area contributed by atoms with E-state index < -0.39 is 17.5 Å². The summed E-state index contributed by atoms with van der Waals surface area (Å²) in [7, 11) is 0. The van der Waals surface area contributed by atoms with E-state index in [1.807, 2.05) is 0 Å². The summed E-state index contributed by atoms with van der Waals surface area (Å²) < 4.78 is 0. The topological polar surface area (TPSA) is 57.5 Å². The van der Waals surface area contributed by atoms with Crippen molar-refractivity contribution in [1.29, 1.82) is 0 Å². The molecule has 1 fully saturated rings. The molecular weight excluding hydrogens is 156 g/mol. The first-order valence-electron chi connectivity index (χ1n) is 4.38. The SMILES string of the molecule is CC(O)CC(C)(C(=O)O)C1CC1. The van der Waals surface area contributed by atoms with Crippen LogP contribution >= 0.6 is 0 Å². The molecule has 0 spiro atoms. The van der Waals surface area contributed by atoms with Gasteiger partial charge in [0.2, 0.25) is 0 Å². The molecule has 3 nitrogen and oxygen atoms in total. The summed E-state index contributed by atoms with van der Waals surface area (Å²) in [5.74, 6) is -0.490. The molecule has 0 aromatic rings. The Bertz CT molecular complexity index is 184. The standard InChI is InChI=1S/C9H16O3/c1-6(10)5-9(2,8(11)12)7-3-4-7/h6-7,10H,3-5H2,1-2H3,(H,11,12). The lowest BCUT2D eigenvalue weighted by atomic mass is 9.80. The molecule has 70 valence electrons. The van der Waals surface area contributed by atoms with Crippen molar-refractivity contribution < 1.29 is 15.0 Å². The molecule has 0 aliphatic heterocycles. The molecular formula is C9H16O3. The molecule has 1 aliphatic carbocycles. The smallest absolute Gasteiger partial charge is 0.309 e. The Balaban J connectivity index is 2.64. The van der Waals surface area contributed by atoms with Crippen LogP contribution in [-0.2, 0) is 4.79 Å². The monoisotopic (exact) mass is 172 g/mol. The zero-order valence-electron chi connectivity index (χ0n) is 7.58. The van der Waals surface area contributed by atoms with Gasteiger partial charge >= 0.3 is 5.97 Å². The first-order chi connectivity index (χ1) is 5.47. The Morgan fingerprint density at radius 2 is 2.17 bits per heavy atom. The van der Waals surface area contributed by atoms with Gasteiger partial charge in [-0.2, -0.15) is 0 Å². The molecule has 2 unspecified atom stereocenters. The van der Waals surface area contributed by atoms with Crippen LogP contribution in [0, 0.1) is 11.3 Å².